The maximum atomic E-state index is 13.5. The molecule has 2 aromatic carbocycles. The lowest BCUT2D eigenvalue weighted by atomic mass is 9.95. The zero-order valence-corrected chi connectivity index (χ0v) is 26.6. The van der Waals surface area contributed by atoms with Gasteiger partial charge in [-0.2, -0.15) is 0 Å². The van der Waals surface area contributed by atoms with Gasteiger partial charge in [-0.15, -0.1) is 0 Å². The number of carbonyl (C=O) groups is 2. The smallest absolute Gasteiger partial charge is 0.410 e. The molecule has 0 bridgehead atoms. The number of benzene rings is 2. The third-order valence-corrected chi connectivity index (χ3v) is 12.7. The first-order valence-electron chi connectivity index (χ1n) is 14.6. The third kappa shape index (κ3) is 7.07. The van der Waals surface area contributed by atoms with Crippen molar-refractivity contribution in [1.82, 2.24) is 14.5 Å². The van der Waals surface area contributed by atoms with Gasteiger partial charge in [-0.3, -0.25) is 14.2 Å². The van der Waals surface area contributed by atoms with Gasteiger partial charge in [0.05, 0.1) is 25.0 Å². The molecule has 3 aromatic rings. The Labute approximate surface area is 249 Å². The van der Waals surface area contributed by atoms with Crippen LogP contribution in [0.1, 0.15) is 60.8 Å². The molecular weight excluding hydrogens is 546 g/mol. The van der Waals surface area contributed by atoms with Crippen molar-refractivity contribution < 1.29 is 18.8 Å². The highest BCUT2D eigenvalue weighted by atomic mass is 28.4. The van der Waals surface area contributed by atoms with E-state index in [1.807, 2.05) is 57.2 Å². The van der Waals surface area contributed by atoms with Crippen molar-refractivity contribution in [3.8, 4) is 0 Å². The van der Waals surface area contributed by atoms with Gasteiger partial charge in [0.1, 0.15) is 5.60 Å². The first-order valence-corrected chi connectivity index (χ1v) is 16.5. The number of nitrogens with zero attached hydrogens (tertiary/aromatic N) is 3. The molecule has 0 saturated carbocycles. The zero-order valence-electron chi connectivity index (χ0n) is 25.6. The fourth-order valence-electron chi connectivity index (χ4n) is 5.85. The molecule has 2 heterocycles. The molecule has 42 heavy (non-hydrogen) atoms. The molecule has 8 nitrogen and oxygen atoms in total. The van der Waals surface area contributed by atoms with Crippen LogP contribution in [0, 0.1) is 0 Å². The second kappa shape index (κ2) is 12.7. The molecule has 0 N–H and O–H groups in total. The Morgan fingerprint density at radius 3 is 2.05 bits per heavy atom. The van der Waals surface area contributed by atoms with Crippen molar-refractivity contribution in [1.29, 1.82) is 0 Å². The quantitative estimate of drug-likeness (QED) is 0.358. The predicted octanol–water partition coefficient (Wildman–Crippen LogP) is 4.55. The minimum absolute atomic E-state index is 0.0312. The van der Waals surface area contributed by atoms with Gasteiger partial charge in [-0.05, 0) is 49.0 Å². The van der Waals surface area contributed by atoms with E-state index >= 15 is 0 Å². The Balaban J connectivity index is 1.78. The lowest BCUT2D eigenvalue weighted by molar-refractivity contribution is -0.122. The molecule has 2 atom stereocenters. The summed E-state index contributed by atoms with van der Waals surface area (Å²) in [7, 11) is -2.98. The zero-order chi connectivity index (χ0) is 30.5. The molecule has 1 aromatic heterocycles. The molecular formula is C33H43N3O5Si. The lowest BCUT2D eigenvalue weighted by Gasteiger charge is -2.49. The molecule has 224 valence electrons. The van der Waals surface area contributed by atoms with Crippen LogP contribution in [0.5, 0.6) is 0 Å². The summed E-state index contributed by atoms with van der Waals surface area (Å²) in [4.78, 5) is 45.1. The van der Waals surface area contributed by atoms with Gasteiger partial charge in [0, 0.05) is 25.2 Å². The van der Waals surface area contributed by atoms with Crippen LogP contribution in [-0.4, -0.2) is 58.9 Å². The number of hydrogen-bond acceptors (Lipinski definition) is 6. The third-order valence-electron chi connectivity index (χ3n) is 7.67. The molecule has 1 saturated heterocycles. The largest absolute Gasteiger partial charge is 0.444 e. The highest BCUT2D eigenvalue weighted by Crippen LogP contribution is 2.40. The Morgan fingerprint density at radius 2 is 1.52 bits per heavy atom. The highest BCUT2D eigenvalue weighted by molar-refractivity contribution is 6.99. The van der Waals surface area contributed by atoms with E-state index in [-0.39, 0.29) is 29.3 Å². The van der Waals surface area contributed by atoms with E-state index in [0.717, 1.165) is 16.8 Å². The number of aromatic nitrogens is 2. The number of rotatable bonds is 8. The minimum Gasteiger partial charge on any atom is -0.444 e. The Kier molecular flexibility index (Phi) is 9.52. The molecule has 0 aliphatic carbocycles. The van der Waals surface area contributed by atoms with Crippen LogP contribution in [0.2, 0.25) is 5.04 Å². The molecule has 0 radical (unpaired) electrons. The van der Waals surface area contributed by atoms with Gasteiger partial charge < -0.3 is 14.1 Å². The molecule has 0 spiro atoms. The van der Waals surface area contributed by atoms with Crippen molar-refractivity contribution in [2.45, 2.75) is 90.1 Å². The van der Waals surface area contributed by atoms with E-state index < -0.39 is 32.2 Å². The number of amides is 1. The molecule has 1 aliphatic rings. The summed E-state index contributed by atoms with van der Waals surface area (Å²) in [5.74, 6) is -0.179. The number of ether oxygens (including phenoxy) is 1. The summed E-state index contributed by atoms with van der Waals surface area (Å²) in [6, 6.07) is 21.5. The standard InChI is InChI=1S/C33H43N3O5Si/c1-32(2,3)40-31(39)36-21-13-18-29(28(36)22-25(37)23-35-24-34-20-19-30(35)38)41-42(33(4,5)6,26-14-9-7-10-15-26)27-16-11-8-12-17-27/h7-12,14-17,19-20,24,28-29H,13,18,21-23H2,1-6H3. The SMILES string of the molecule is CC(C)(C)OC(=O)N1CCCC(O[Si](c2ccccc2)(c2ccccc2)C(C)(C)C)C1CC(=O)Cn1cnccc1=O. The van der Waals surface area contributed by atoms with E-state index in [2.05, 4.69) is 50.0 Å². The number of ketones is 1. The van der Waals surface area contributed by atoms with Crippen molar-refractivity contribution in [2.75, 3.05) is 6.54 Å². The van der Waals surface area contributed by atoms with E-state index in [0.29, 0.717) is 13.0 Å². The first-order chi connectivity index (χ1) is 19.8. The molecule has 1 fully saturated rings. The Morgan fingerprint density at radius 1 is 0.929 bits per heavy atom. The maximum Gasteiger partial charge on any atom is 0.410 e. The van der Waals surface area contributed by atoms with E-state index in [1.165, 1.54) is 23.2 Å². The van der Waals surface area contributed by atoms with Crippen LogP contribution in [-0.2, 0) is 20.5 Å². The second-order valence-electron chi connectivity index (χ2n) is 13.0. The summed E-state index contributed by atoms with van der Waals surface area (Å²) >= 11 is 0. The molecule has 1 aliphatic heterocycles. The highest BCUT2D eigenvalue weighted by Gasteiger charge is 2.53. The number of carbonyl (C=O) groups excluding carboxylic acids is 2. The van der Waals surface area contributed by atoms with Gasteiger partial charge >= 0.3 is 6.09 Å². The minimum atomic E-state index is -2.98. The summed E-state index contributed by atoms with van der Waals surface area (Å²) in [5.41, 5.74) is -0.994. The fourth-order valence-corrected chi connectivity index (χ4v) is 10.6. The lowest BCUT2D eigenvalue weighted by Crippen LogP contribution is -2.69. The number of piperidine rings is 1. The topological polar surface area (TPSA) is 90.7 Å². The summed E-state index contributed by atoms with van der Waals surface area (Å²) < 4.78 is 14.6. The van der Waals surface area contributed by atoms with Gasteiger partial charge in [0.25, 0.3) is 13.9 Å². The van der Waals surface area contributed by atoms with Gasteiger partial charge in [0.2, 0.25) is 0 Å². The summed E-state index contributed by atoms with van der Waals surface area (Å²) in [5, 5.41) is 1.98. The van der Waals surface area contributed by atoms with Crippen molar-refractivity contribution in [2.24, 2.45) is 0 Å². The molecule has 9 heteroatoms. The molecule has 2 unspecified atom stereocenters. The van der Waals surface area contributed by atoms with E-state index in [1.54, 1.807) is 4.90 Å². The van der Waals surface area contributed by atoms with Crippen LogP contribution < -0.4 is 15.9 Å². The number of likely N-dealkylation sites (tertiary alicyclic amines) is 1. The van der Waals surface area contributed by atoms with Crippen molar-refractivity contribution >= 4 is 30.6 Å². The summed E-state index contributed by atoms with van der Waals surface area (Å²) in [6.45, 7) is 12.5. The van der Waals surface area contributed by atoms with Gasteiger partial charge in [-0.1, -0.05) is 81.4 Å². The second-order valence-corrected chi connectivity index (χ2v) is 17.2. The molecule has 4 rings (SSSR count). The van der Waals surface area contributed by atoms with Crippen LogP contribution in [0.3, 0.4) is 0 Å². The monoisotopic (exact) mass is 589 g/mol. The van der Waals surface area contributed by atoms with Crippen molar-refractivity contribution in [3.63, 3.8) is 0 Å². The Bertz CT molecular complexity index is 1370. The van der Waals surface area contributed by atoms with Crippen LogP contribution in [0.15, 0.2) is 84.0 Å². The van der Waals surface area contributed by atoms with Crippen LogP contribution >= 0.6 is 0 Å². The fraction of sp³-hybridized carbons (Fsp3) is 0.455. The Hall–Kier alpha value is -3.56. The van der Waals surface area contributed by atoms with Crippen LogP contribution in [0.25, 0.3) is 0 Å². The normalized spacial score (nSPS) is 18.0. The van der Waals surface area contributed by atoms with Crippen LogP contribution in [0.4, 0.5) is 4.79 Å². The van der Waals surface area contributed by atoms with Gasteiger partial charge in [0.15, 0.2) is 5.78 Å². The number of Topliss-reactive ketones (excluding diaryl/α,β-unsaturated/α-hetero) is 1. The predicted molar refractivity (Wildman–Crippen MR) is 167 cm³/mol. The molecule has 1 amide bonds. The number of hydrogen-bond donors (Lipinski definition) is 0. The average Bonchev–Trinajstić information content (AvgIpc) is 2.93. The van der Waals surface area contributed by atoms with Crippen molar-refractivity contribution in [3.05, 3.63) is 89.6 Å². The van der Waals surface area contributed by atoms with Gasteiger partial charge in [-0.25, -0.2) is 9.78 Å². The van der Waals surface area contributed by atoms with E-state index in [9.17, 15) is 14.4 Å². The average molecular weight is 590 g/mol. The summed E-state index contributed by atoms with van der Waals surface area (Å²) in [6.07, 6.45) is 3.32. The first kappa shape index (κ1) is 31.4. The maximum absolute atomic E-state index is 13.5. The van der Waals surface area contributed by atoms with E-state index in [4.69, 9.17) is 9.16 Å².